The zero-order chi connectivity index (χ0) is 24.1. The second-order valence-corrected chi connectivity index (χ2v) is 8.15. The first kappa shape index (κ1) is 23.0. The molecule has 2 N–H and O–H groups in total. The lowest BCUT2D eigenvalue weighted by atomic mass is 9.77. The summed E-state index contributed by atoms with van der Waals surface area (Å²) in [4.78, 5) is 55.6. The van der Waals surface area contributed by atoms with Crippen LogP contribution in [0.4, 0.5) is 5.82 Å². The van der Waals surface area contributed by atoms with Gasteiger partial charge in [0, 0.05) is 48.1 Å². The molecule has 1 aliphatic heterocycles. The highest BCUT2D eigenvalue weighted by Gasteiger charge is 2.45. The van der Waals surface area contributed by atoms with Crippen molar-refractivity contribution in [2.75, 3.05) is 25.1 Å². The molecule has 4 heterocycles. The molecule has 11 heteroatoms. The first-order valence-corrected chi connectivity index (χ1v) is 10.8. The van der Waals surface area contributed by atoms with E-state index in [9.17, 15) is 9.59 Å². The standard InChI is InChI=1S/C22H22N6O3.CH2O2/c1-31-21(30)16-10-17(25-13-24-16)28-9-3-6-22(12-28)7-5-15-18(22)26-19(27-20(15)29)14-4-2-8-23-11-14;2-1-3/h2,4,8,10-11,13H,3,5-7,9,12H2,1H3,(H,26,27,29);1H,(H,2,3). The average molecular weight is 464 g/mol. The number of rotatable bonds is 3. The first-order valence-electron chi connectivity index (χ1n) is 10.8. The van der Waals surface area contributed by atoms with Crippen molar-refractivity contribution in [2.45, 2.75) is 31.1 Å². The number of piperidine rings is 1. The number of anilines is 1. The number of hydrogen-bond donors (Lipinski definition) is 2. The maximum atomic E-state index is 12.8. The molecule has 1 spiro atoms. The summed E-state index contributed by atoms with van der Waals surface area (Å²) in [5.41, 5.74) is 2.36. The molecule has 1 atom stereocenters. The highest BCUT2D eigenvalue weighted by atomic mass is 16.5. The number of carbonyl (C=O) groups is 2. The van der Waals surface area contributed by atoms with Gasteiger partial charge in [-0.25, -0.2) is 19.7 Å². The van der Waals surface area contributed by atoms with Gasteiger partial charge in [0.05, 0.1) is 12.8 Å². The van der Waals surface area contributed by atoms with E-state index in [1.54, 1.807) is 18.5 Å². The molecule has 1 saturated heterocycles. The molecule has 0 amide bonds. The Labute approximate surface area is 194 Å². The molecular formula is C23H24N6O5. The number of carbonyl (C=O) groups excluding carboxylic acids is 1. The maximum Gasteiger partial charge on any atom is 0.356 e. The van der Waals surface area contributed by atoms with Crippen LogP contribution in [0.1, 0.15) is 41.0 Å². The number of esters is 1. The summed E-state index contributed by atoms with van der Waals surface area (Å²) in [5, 5.41) is 6.89. The van der Waals surface area contributed by atoms with Crippen LogP contribution in [0.5, 0.6) is 0 Å². The van der Waals surface area contributed by atoms with Gasteiger partial charge in [-0.2, -0.15) is 0 Å². The molecule has 0 radical (unpaired) electrons. The van der Waals surface area contributed by atoms with Crippen molar-refractivity contribution >= 4 is 18.3 Å². The van der Waals surface area contributed by atoms with Crippen LogP contribution in [0.2, 0.25) is 0 Å². The van der Waals surface area contributed by atoms with Gasteiger partial charge >= 0.3 is 5.97 Å². The third-order valence-corrected chi connectivity index (χ3v) is 6.25. The van der Waals surface area contributed by atoms with Gasteiger partial charge in [-0.15, -0.1) is 0 Å². The topological polar surface area (TPSA) is 151 Å². The Hall–Kier alpha value is -4.15. The number of pyridine rings is 1. The van der Waals surface area contributed by atoms with Crippen molar-refractivity contribution in [3.63, 3.8) is 0 Å². The summed E-state index contributed by atoms with van der Waals surface area (Å²) >= 11 is 0. The van der Waals surface area contributed by atoms with E-state index < -0.39 is 5.97 Å². The number of carboxylic acid groups (broad SMARTS) is 1. The molecule has 176 valence electrons. The van der Waals surface area contributed by atoms with Crippen LogP contribution < -0.4 is 10.5 Å². The monoisotopic (exact) mass is 464 g/mol. The Bertz CT molecular complexity index is 1250. The highest BCUT2D eigenvalue weighted by molar-refractivity contribution is 5.87. The predicted octanol–water partition coefficient (Wildman–Crippen LogP) is 1.59. The third-order valence-electron chi connectivity index (χ3n) is 6.25. The van der Waals surface area contributed by atoms with E-state index in [4.69, 9.17) is 19.6 Å². The Kier molecular flexibility index (Phi) is 6.62. The van der Waals surface area contributed by atoms with Crippen molar-refractivity contribution in [2.24, 2.45) is 0 Å². The molecule has 3 aromatic heterocycles. The van der Waals surface area contributed by atoms with Crippen molar-refractivity contribution in [1.29, 1.82) is 0 Å². The van der Waals surface area contributed by atoms with Crippen LogP contribution in [0, 0.1) is 0 Å². The lowest BCUT2D eigenvalue weighted by Crippen LogP contribution is -2.46. The van der Waals surface area contributed by atoms with E-state index in [-0.39, 0.29) is 23.1 Å². The predicted molar refractivity (Wildman–Crippen MR) is 122 cm³/mol. The van der Waals surface area contributed by atoms with Gasteiger partial charge in [0.1, 0.15) is 18.0 Å². The average Bonchev–Trinajstić information content (AvgIpc) is 3.22. The zero-order valence-corrected chi connectivity index (χ0v) is 18.6. The number of aromatic amines is 1. The van der Waals surface area contributed by atoms with E-state index in [0.29, 0.717) is 24.6 Å². The Morgan fingerprint density at radius 1 is 1.32 bits per heavy atom. The number of nitrogens with zero attached hydrogens (tertiary/aromatic N) is 5. The Balaban J connectivity index is 0.000000868. The fourth-order valence-electron chi connectivity index (χ4n) is 4.75. The molecule has 1 unspecified atom stereocenters. The molecule has 34 heavy (non-hydrogen) atoms. The molecule has 0 saturated carbocycles. The van der Waals surface area contributed by atoms with Gasteiger partial charge in [-0.1, -0.05) is 0 Å². The van der Waals surface area contributed by atoms with Crippen molar-refractivity contribution in [3.8, 4) is 11.4 Å². The molecular weight excluding hydrogens is 440 g/mol. The van der Waals surface area contributed by atoms with Gasteiger partial charge in [0.25, 0.3) is 12.0 Å². The molecule has 0 aromatic carbocycles. The van der Waals surface area contributed by atoms with Crippen LogP contribution in [0.25, 0.3) is 11.4 Å². The molecule has 3 aromatic rings. The molecule has 1 fully saturated rings. The van der Waals surface area contributed by atoms with Crippen molar-refractivity contribution in [1.82, 2.24) is 24.9 Å². The van der Waals surface area contributed by atoms with Gasteiger partial charge < -0.3 is 19.7 Å². The molecule has 5 rings (SSSR count). The van der Waals surface area contributed by atoms with Crippen molar-refractivity contribution < 1.29 is 19.4 Å². The van der Waals surface area contributed by atoms with Crippen molar-refractivity contribution in [3.05, 3.63) is 64.2 Å². The number of ether oxygens (including phenoxy) is 1. The minimum atomic E-state index is -0.490. The van der Waals surface area contributed by atoms with Gasteiger partial charge in [0.15, 0.2) is 5.69 Å². The smallest absolute Gasteiger partial charge is 0.356 e. The second-order valence-electron chi connectivity index (χ2n) is 8.15. The lowest BCUT2D eigenvalue weighted by molar-refractivity contribution is -0.122. The number of methoxy groups -OCH3 is 1. The van der Waals surface area contributed by atoms with Crippen LogP contribution in [-0.2, 0) is 21.4 Å². The summed E-state index contributed by atoms with van der Waals surface area (Å²) in [6.07, 6.45) is 8.24. The molecule has 2 aliphatic rings. The minimum Gasteiger partial charge on any atom is -0.483 e. The van der Waals surface area contributed by atoms with Crippen LogP contribution in [0.15, 0.2) is 41.7 Å². The number of nitrogens with one attached hydrogen (secondary N) is 1. The summed E-state index contributed by atoms with van der Waals surface area (Å²) in [6.45, 7) is 1.24. The number of hydrogen-bond acceptors (Lipinski definition) is 9. The van der Waals surface area contributed by atoms with E-state index in [2.05, 4.69) is 24.8 Å². The van der Waals surface area contributed by atoms with Gasteiger partial charge in [-0.05, 0) is 37.8 Å². The summed E-state index contributed by atoms with van der Waals surface area (Å²) in [5.74, 6) is 0.737. The fraction of sp³-hybridized carbons (Fsp3) is 0.348. The van der Waals surface area contributed by atoms with Gasteiger partial charge in [0.2, 0.25) is 0 Å². The van der Waals surface area contributed by atoms with Crippen LogP contribution in [0.3, 0.4) is 0 Å². The van der Waals surface area contributed by atoms with Gasteiger partial charge in [-0.3, -0.25) is 14.6 Å². The summed E-state index contributed by atoms with van der Waals surface area (Å²) in [7, 11) is 1.33. The molecule has 1 aliphatic carbocycles. The Morgan fingerprint density at radius 3 is 2.88 bits per heavy atom. The third kappa shape index (κ3) is 4.36. The second kappa shape index (κ2) is 9.77. The normalized spacial score (nSPS) is 18.6. The minimum absolute atomic E-state index is 0.0761. The van der Waals surface area contributed by atoms with E-state index >= 15 is 0 Å². The van der Waals surface area contributed by atoms with E-state index in [1.807, 2.05) is 12.1 Å². The largest absolute Gasteiger partial charge is 0.483 e. The first-order chi connectivity index (χ1) is 16.5. The summed E-state index contributed by atoms with van der Waals surface area (Å²) < 4.78 is 4.79. The fourth-order valence-corrected chi connectivity index (χ4v) is 4.75. The zero-order valence-electron chi connectivity index (χ0n) is 18.6. The Morgan fingerprint density at radius 2 is 2.15 bits per heavy atom. The number of H-pyrrole nitrogens is 1. The maximum absolute atomic E-state index is 12.8. The SMILES string of the molecule is COC(=O)c1cc(N2CCCC3(CCc4c3nc(-c3cccnc3)[nH]c4=O)C2)ncn1.O=CO. The number of fused-ring (bicyclic) bond motifs is 2. The van der Waals surface area contributed by atoms with Crippen LogP contribution >= 0.6 is 0 Å². The van der Waals surface area contributed by atoms with Crippen LogP contribution in [-0.4, -0.2) is 62.7 Å². The lowest BCUT2D eigenvalue weighted by Gasteiger charge is -2.41. The molecule has 11 nitrogen and oxygen atoms in total. The van der Waals surface area contributed by atoms with E-state index in [0.717, 1.165) is 42.6 Å². The summed E-state index contributed by atoms with van der Waals surface area (Å²) in [6, 6.07) is 5.38. The molecule has 0 bridgehead atoms. The number of aromatic nitrogens is 5. The quantitative estimate of drug-likeness (QED) is 0.432. The van der Waals surface area contributed by atoms with E-state index in [1.165, 1.54) is 13.4 Å². The highest BCUT2D eigenvalue weighted by Crippen LogP contribution is 2.44.